The van der Waals surface area contributed by atoms with E-state index in [9.17, 15) is 0 Å². The molecule has 0 aliphatic carbocycles. The van der Waals surface area contributed by atoms with Crippen molar-refractivity contribution in [1.82, 2.24) is 0 Å². The predicted octanol–water partition coefficient (Wildman–Crippen LogP) is 4.80. The van der Waals surface area contributed by atoms with Gasteiger partial charge in [-0.2, -0.15) is 0 Å². The summed E-state index contributed by atoms with van der Waals surface area (Å²) in [6.45, 7) is 8.51. The largest absolute Gasteiger partial charge is 0.487 e. The van der Waals surface area contributed by atoms with E-state index in [1.165, 1.54) is 11.1 Å². The minimum absolute atomic E-state index is 0.746. The van der Waals surface area contributed by atoms with Gasteiger partial charge in [-0.25, -0.2) is 0 Å². The van der Waals surface area contributed by atoms with Gasteiger partial charge in [-0.15, -0.1) is 0 Å². The van der Waals surface area contributed by atoms with Crippen LogP contribution in [-0.4, -0.2) is 37.8 Å². The Kier molecular flexibility index (Phi) is 6.49. The van der Waals surface area contributed by atoms with Crippen LogP contribution >= 0.6 is 11.6 Å². The Bertz CT molecular complexity index is 605. The molecule has 2 aromatic rings. The van der Waals surface area contributed by atoms with Gasteiger partial charge in [0.25, 0.3) is 0 Å². The van der Waals surface area contributed by atoms with E-state index in [4.69, 9.17) is 16.3 Å². The molecule has 23 heavy (non-hydrogen) atoms. The van der Waals surface area contributed by atoms with Crippen molar-refractivity contribution in [2.75, 3.05) is 33.3 Å². The molecular weight excluding hydrogens is 306 g/mol. The summed E-state index contributed by atoms with van der Waals surface area (Å²) in [5.41, 5.74) is 2.46. The van der Waals surface area contributed by atoms with Crippen LogP contribution in [-0.2, 0) is 6.42 Å². The van der Waals surface area contributed by atoms with Crippen LogP contribution in [0.15, 0.2) is 48.5 Å². The fourth-order valence-corrected chi connectivity index (χ4v) is 2.65. The highest BCUT2D eigenvalue weighted by Gasteiger charge is 2.16. The molecular formula is C20H27ClNO+. The Labute approximate surface area is 145 Å². The Hall–Kier alpha value is -1.51. The molecule has 0 fully saturated rings. The van der Waals surface area contributed by atoms with Crippen molar-refractivity contribution in [3.63, 3.8) is 0 Å². The maximum Gasteiger partial charge on any atom is 0.137 e. The Morgan fingerprint density at radius 2 is 1.61 bits per heavy atom. The van der Waals surface area contributed by atoms with Crippen LogP contribution in [0.25, 0.3) is 0 Å². The quantitative estimate of drug-likeness (QED) is 0.631. The first kappa shape index (κ1) is 17.8. The summed E-state index contributed by atoms with van der Waals surface area (Å²) in [6.07, 6.45) is 0.862. The number of hydrogen-bond donors (Lipinski definition) is 0. The Morgan fingerprint density at radius 1 is 0.957 bits per heavy atom. The number of rotatable bonds is 8. The van der Waals surface area contributed by atoms with Crippen LogP contribution in [0.5, 0.6) is 5.75 Å². The maximum atomic E-state index is 6.09. The molecule has 0 radical (unpaired) electrons. The lowest BCUT2D eigenvalue weighted by Gasteiger charge is -2.32. The molecule has 0 saturated heterocycles. The second-order valence-corrected chi connectivity index (χ2v) is 6.67. The lowest BCUT2D eigenvalue weighted by molar-refractivity contribution is -0.906. The van der Waals surface area contributed by atoms with Crippen LogP contribution in [0.1, 0.15) is 25.0 Å². The lowest BCUT2D eigenvalue weighted by atomic mass is 10.0. The van der Waals surface area contributed by atoms with Gasteiger partial charge in [0.1, 0.15) is 18.9 Å². The Morgan fingerprint density at radius 3 is 2.26 bits per heavy atom. The first-order valence-electron chi connectivity index (χ1n) is 8.35. The highest BCUT2D eigenvalue weighted by atomic mass is 35.5. The molecule has 0 bridgehead atoms. The van der Waals surface area contributed by atoms with Crippen molar-refractivity contribution in [1.29, 1.82) is 0 Å². The lowest BCUT2D eigenvalue weighted by Crippen LogP contribution is -2.46. The topological polar surface area (TPSA) is 9.23 Å². The van der Waals surface area contributed by atoms with Gasteiger partial charge in [0.2, 0.25) is 0 Å². The number of halogens is 1. The molecule has 0 N–H and O–H groups in total. The minimum Gasteiger partial charge on any atom is -0.487 e. The third-order valence-electron chi connectivity index (χ3n) is 4.70. The van der Waals surface area contributed by atoms with Crippen LogP contribution in [0.4, 0.5) is 0 Å². The molecule has 0 aromatic heterocycles. The van der Waals surface area contributed by atoms with Crippen LogP contribution in [0.3, 0.4) is 0 Å². The smallest absolute Gasteiger partial charge is 0.137 e. The molecule has 0 amide bonds. The van der Waals surface area contributed by atoms with Crippen LogP contribution in [0, 0.1) is 0 Å². The second-order valence-electron chi connectivity index (χ2n) is 6.23. The number of ether oxygens (including phenoxy) is 1. The number of quaternary nitrogens is 1. The van der Waals surface area contributed by atoms with Crippen LogP contribution < -0.4 is 4.74 Å². The third kappa shape index (κ3) is 5.26. The van der Waals surface area contributed by atoms with Crippen molar-refractivity contribution < 1.29 is 9.22 Å². The molecule has 124 valence electrons. The van der Waals surface area contributed by atoms with E-state index in [1.807, 2.05) is 18.2 Å². The summed E-state index contributed by atoms with van der Waals surface area (Å²) in [5.74, 6) is 0.987. The second kappa shape index (κ2) is 8.37. The average Bonchev–Trinajstić information content (AvgIpc) is 2.58. The molecule has 0 unspecified atom stereocenters. The van der Waals surface area contributed by atoms with Gasteiger partial charge in [0, 0.05) is 11.4 Å². The number of likely N-dealkylation sites (N-methyl/N-ethyl adjacent to an activating group) is 1. The predicted molar refractivity (Wildman–Crippen MR) is 98.3 cm³/mol. The highest BCUT2D eigenvalue weighted by Crippen LogP contribution is 2.22. The fraction of sp³-hybridized carbons (Fsp3) is 0.400. The third-order valence-corrected chi connectivity index (χ3v) is 4.95. The van der Waals surface area contributed by atoms with E-state index in [0.717, 1.165) is 47.9 Å². The Balaban J connectivity index is 2.01. The first-order chi connectivity index (χ1) is 11.1. The van der Waals surface area contributed by atoms with Crippen molar-refractivity contribution in [3.8, 4) is 5.75 Å². The average molecular weight is 333 g/mol. The first-order valence-corrected chi connectivity index (χ1v) is 8.73. The zero-order valence-electron chi connectivity index (χ0n) is 14.4. The van der Waals surface area contributed by atoms with Gasteiger partial charge < -0.3 is 9.22 Å². The zero-order valence-corrected chi connectivity index (χ0v) is 15.1. The van der Waals surface area contributed by atoms with E-state index < -0.39 is 0 Å². The van der Waals surface area contributed by atoms with Crippen molar-refractivity contribution >= 4 is 11.6 Å². The number of para-hydroxylation sites is 1. The molecule has 2 nitrogen and oxygen atoms in total. The van der Waals surface area contributed by atoms with Gasteiger partial charge in [0.15, 0.2) is 0 Å². The van der Waals surface area contributed by atoms with E-state index in [0.29, 0.717) is 0 Å². The van der Waals surface area contributed by atoms with Gasteiger partial charge in [-0.1, -0.05) is 41.9 Å². The molecule has 0 atom stereocenters. The molecule has 0 saturated carbocycles. The molecule has 3 heteroatoms. The van der Waals surface area contributed by atoms with Crippen molar-refractivity contribution in [3.05, 3.63) is 64.7 Å². The van der Waals surface area contributed by atoms with Gasteiger partial charge in [0.05, 0.1) is 20.1 Å². The molecule has 2 aromatic carbocycles. The fourth-order valence-electron chi connectivity index (χ4n) is 2.53. The summed E-state index contributed by atoms with van der Waals surface area (Å²) in [6, 6.07) is 16.3. The van der Waals surface area contributed by atoms with Gasteiger partial charge >= 0.3 is 0 Å². The summed E-state index contributed by atoms with van der Waals surface area (Å²) in [4.78, 5) is 0. The summed E-state index contributed by atoms with van der Waals surface area (Å²) in [7, 11) is 2.28. The number of benzene rings is 2. The van der Waals surface area contributed by atoms with E-state index >= 15 is 0 Å². The molecule has 0 aliphatic rings. The summed E-state index contributed by atoms with van der Waals surface area (Å²) in [5, 5.41) is 0.773. The van der Waals surface area contributed by atoms with E-state index in [2.05, 4.69) is 51.2 Å². The standard InChI is InChI=1S/C20H27ClNO/c1-4-22(3,5-2)14-15-23-20-9-7-6-8-18(20)16-17-10-12-19(21)13-11-17/h6-13H,4-5,14-16H2,1-3H3/q+1. The molecule has 2 rings (SSSR count). The van der Waals surface area contributed by atoms with Gasteiger partial charge in [-0.3, -0.25) is 0 Å². The minimum atomic E-state index is 0.746. The van der Waals surface area contributed by atoms with Crippen molar-refractivity contribution in [2.45, 2.75) is 20.3 Å². The normalized spacial score (nSPS) is 11.5. The number of hydrogen-bond acceptors (Lipinski definition) is 1. The molecule has 0 heterocycles. The van der Waals surface area contributed by atoms with E-state index in [1.54, 1.807) is 0 Å². The highest BCUT2D eigenvalue weighted by molar-refractivity contribution is 6.30. The van der Waals surface area contributed by atoms with Crippen LogP contribution in [0.2, 0.25) is 5.02 Å². The molecule has 0 aliphatic heterocycles. The van der Waals surface area contributed by atoms with E-state index in [-0.39, 0.29) is 0 Å². The van der Waals surface area contributed by atoms with Crippen molar-refractivity contribution in [2.24, 2.45) is 0 Å². The summed E-state index contributed by atoms with van der Waals surface area (Å²) < 4.78 is 7.13. The SMILES string of the molecule is CC[N+](C)(CC)CCOc1ccccc1Cc1ccc(Cl)cc1. The maximum absolute atomic E-state index is 6.09. The summed E-state index contributed by atoms with van der Waals surface area (Å²) >= 11 is 5.96. The monoisotopic (exact) mass is 332 g/mol. The molecule has 0 spiro atoms. The zero-order chi connectivity index (χ0) is 16.7. The number of nitrogens with zero attached hydrogens (tertiary/aromatic N) is 1. The van der Waals surface area contributed by atoms with Gasteiger partial charge in [-0.05, 0) is 43.2 Å².